The molecule has 0 aromatic carbocycles. The normalized spacial score (nSPS) is 22.4. The number of carbonyl (C=O) groups is 6. The lowest BCUT2D eigenvalue weighted by atomic mass is 9.89. The van der Waals surface area contributed by atoms with Crippen molar-refractivity contribution >= 4 is 63.9 Å². The van der Waals surface area contributed by atoms with Crippen molar-refractivity contribution in [1.29, 1.82) is 0 Å². The molecule has 1 aromatic rings. The summed E-state index contributed by atoms with van der Waals surface area (Å²) in [6, 6.07) is -0.927. The number of rotatable bonds is 12. The number of fused-ring (bicyclic) bond motifs is 1. The minimum atomic E-state index is -1.25. The lowest BCUT2D eigenvalue weighted by Crippen LogP contribution is -2.70. The van der Waals surface area contributed by atoms with Crippen LogP contribution in [0.5, 0.6) is 0 Å². The van der Waals surface area contributed by atoms with Gasteiger partial charge in [-0.25, -0.2) is 14.6 Å². The number of nitrogens with two attached hydrogens (primary N) is 1. The van der Waals surface area contributed by atoms with Gasteiger partial charge >= 0.3 is 18.1 Å². The van der Waals surface area contributed by atoms with Gasteiger partial charge in [0, 0.05) is 22.6 Å². The second kappa shape index (κ2) is 16.0. The smallest absolute Gasteiger partial charge is 0.461 e. The Hall–Kier alpha value is -3.66. The number of β-lactam (4-membered cyclic amide) rings is 1. The largest absolute Gasteiger partial charge is 0.511 e. The summed E-state index contributed by atoms with van der Waals surface area (Å²) in [5.41, 5.74) is 6.28. The van der Waals surface area contributed by atoms with E-state index in [1.54, 1.807) is 5.38 Å². The highest BCUT2D eigenvalue weighted by Crippen LogP contribution is 2.41. The number of aromatic nitrogens is 1. The molecule has 14 nitrogen and oxygen atoms in total. The van der Waals surface area contributed by atoms with Gasteiger partial charge in [0.05, 0.1) is 12.1 Å². The van der Waals surface area contributed by atoms with Crippen LogP contribution in [0.25, 0.3) is 0 Å². The van der Waals surface area contributed by atoms with E-state index in [1.165, 1.54) is 34.9 Å². The Bertz CT molecular complexity index is 1400. The van der Waals surface area contributed by atoms with Crippen molar-refractivity contribution in [2.45, 2.75) is 108 Å². The molecule has 1 unspecified atom stereocenters. The highest BCUT2D eigenvalue weighted by molar-refractivity contribution is 8.00. The molecule has 0 spiro atoms. The van der Waals surface area contributed by atoms with Gasteiger partial charge in [0.25, 0.3) is 12.2 Å². The monoisotopic (exact) mass is 692 g/mol. The van der Waals surface area contributed by atoms with Crippen LogP contribution in [-0.4, -0.2) is 81.7 Å². The highest BCUT2D eigenvalue weighted by atomic mass is 32.2. The maximum Gasteiger partial charge on any atom is 0.511 e. The van der Waals surface area contributed by atoms with Crippen LogP contribution in [0.2, 0.25) is 0 Å². The van der Waals surface area contributed by atoms with Crippen LogP contribution in [0.3, 0.4) is 0 Å². The van der Waals surface area contributed by atoms with Crippen molar-refractivity contribution in [3.05, 3.63) is 22.3 Å². The van der Waals surface area contributed by atoms with Gasteiger partial charge in [0.2, 0.25) is 5.91 Å². The SMILES string of the molecule is CC(=O)CC(=O)OCC1=C(C(=O)OC(OC(=O)OC2CCCCC2)C2CCCCC2)N2C(=O)[C@@H](NC(=O)Cc3csc(N)n3)[C@@H]2SC1. The molecule has 256 valence electrons. The molecule has 1 aromatic heterocycles. The van der Waals surface area contributed by atoms with Crippen LogP contribution in [0.4, 0.5) is 9.93 Å². The number of nitrogen functional groups attached to an aromatic ring is 1. The third-order valence-electron chi connectivity index (χ3n) is 8.55. The van der Waals surface area contributed by atoms with Crippen LogP contribution in [-0.2, 0) is 49.3 Å². The standard InChI is InChI=1S/C31H40N4O10S2/c1-17(36)12-23(38)42-14-19-15-46-27-24(34-22(37)13-20-16-47-30(32)33-20)26(39)35(27)25(19)28(40)44-29(18-8-4-2-5-9-18)45-31(41)43-21-10-6-3-7-11-21/h16,18,21,24,27,29H,2-15H2,1H3,(H2,32,33)(H,34,37)/t24-,27+,29?/m1/s1. The molecule has 5 rings (SSSR count). The molecule has 0 radical (unpaired) electrons. The second-order valence-electron chi connectivity index (χ2n) is 12.2. The molecule has 3 heterocycles. The number of ketones is 1. The summed E-state index contributed by atoms with van der Waals surface area (Å²) in [7, 11) is 0. The molecule has 47 heavy (non-hydrogen) atoms. The molecule has 0 bridgehead atoms. The zero-order chi connectivity index (χ0) is 33.5. The first kappa shape index (κ1) is 34.7. The second-order valence-corrected chi connectivity index (χ2v) is 14.2. The van der Waals surface area contributed by atoms with Crippen LogP contribution in [0.15, 0.2) is 16.7 Å². The number of hydrogen-bond donors (Lipinski definition) is 2. The van der Waals surface area contributed by atoms with E-state index in [1.807, 2.05) is 0 Å². The summed E-state index contributed by atoms with van der Waals surface area (Å²) in [5, 5.41) is 4.06. The summed E-state index contributed by atoms with van der Waals surface area (Å²) < 4.78 is 22.3. The number of nitrogens with zero attached hydrogens (tertiary/aromatic N) is 2. The summed E-state index contributed by atoms with van der Waals surface area (Å²) in [6.45, 7) is 0.895. The Kier molecular flexibility index (Phi) is 11.8. The summed E-state index contributed by atoms with van der Waals surface area (Å²) in [5.74, 6) is -3.18. The molecule has 2 saturated carbocycles. The average Bonchev–Trinajstić information content (AvgIpc) is 3.46. The van der Waals surface area contributed by atoms with Gasteiger partial charge in [-0.05, 0) is 45.4 Å². The fourth-order valence-electron chi connectivity index (χ4n) is 6.22. The van der Waals surface area contributed by atoms with Gasteiger partial charge in [0.15, 0.2) is 5.13 Å². The zero-order valence-corrected chi connectivity index (χ0v) is 27.9. The maximum absolute atomic E-state index is 13.9. The molecule has 1 saturated heterocycles. The molecule has 2 aliphatic carbocycles. The number of esters is 2. The van der Waals surface area contributed by atoms with Crippen molar-refractivity contribution in [2.24, 2.45) is 5.92 Å². The first-order valence-electron chi connectivity index (χ1n) is 16.0. The fraction of sp³-hybridized carbons (Fsp3) is 0.645. The zero-order valence-electron chi connectivity index (χ0n) is 26.2. The van der Waals surface area contributed by atoms with Crippen molar-refractivity contribution in [2.75, 3.05) is 18.1 Å². The first-order valence-corrected chi connectivity index (χ1v) is 17.9. The van der Waals surface area contributed by atoms with Crippen molar-refractivity contribution in [3.8, 4) is 0 Å². The van der Waals surface area contributed by atoms with E-state index in [-0.39, 0.29) is 47.9 Å². The molecule has 2 amide bonds. The Morgan fingerprint density at radius 3 is 2.40 bits per heavy atom. The minimum absolute atomic E-state index is 0.0751. The van der Waals surface area contributed by atoms with Crippen molar-refractivity contribution in [3.63, 3.8) is 0 Å². The maximum atomic E-state index is 13.9. The van der Waals surface area contributed by atoms with Gasteiger partial charge in [-0.3, -0.25) is 24.1 Å². The Morgan fingerprint density at radius 2 is 1.74 bits per heavy atom. The topological polar surface area (TPSA) is 194 Å². The molecule has 4 aliphatic rings. The molecule has 3 N–H and O–H groups in total. The molecule has 2 aliphatic heterocycles. The molecule has 16 heteroatoms. The molecule has 3 fully saturated rings. The van der Waals surface area contributed by atoms with E-state index in [0.29, 0.717) is 23.7 Å². The van der Waals surface area contributed by atoms with E-state index >= 15 is 0 Å². The van der Waals surface area contributed by atoms with Crippen LogP contribution < -0.4 is 11.1 Å². The molecular weight excluding hydrogens is 652 g/mol. The third kappa shape index (κ3) is 9.03. The van der Waals surface area contributed by atoms with E-state index in [9.17, 15) is 28.8 Å². The van der Waals surface area contributed by atoms with E-state index in [4.69, 9.17) is 24.7 Å². The Balaban J connectivity index is 1.32. The van der Waals surface area contributed by atoms with Crippen LogP contribution in [0, 0.1) is 5.92 Å². The lowest BCUT2D eigenvalue weighted by molar-refractivity contribution is -0.185. The van der Waals surface area contributed by atoms with Crippen LogP contribution >= 0.6 is 23.1 Å². The fourth-order valence-corrected chi connectivity index (χ4v) is 8.11. The van der Waals surface area contributed by atoms with Gasteiger partial charge in [-0.1, -0.05) is 25.7 Å². The van der Waals surface area contributed by atoms with Gasteiger partial charge in [-0.15, -0.1) is 23.1 Å². The first-order chi connectivity index (χ1) is 22.6. The lowest BCUT2D eigenvalue weighted by Gasteiger charge is -2.49. The molecular formula is C31H40N4O10S2. The Morgan fingerprint density at radius 1 is 1.04 bits per heavy atom. The number of thioether (sulfide) groups is 1. The van der Waals surface area contributed by atoms with Crippen molar-refractivity contribution in [1.82, 2.24) is 15.2 Å². The third-order valence-corrected chi connectivity index (χ3v) is 10.6. The number of carbonyl (C=O) groups excluding carboxylic acids is 6. The van der Waals surface area contributed by atoms with E-state index < -0.39 is 54.0 Å². The van der Waals surface area contributed by atoms with Gasteiger partial charge < -0.3 is 30.0 Å². The minimum Gasteiger partial charge on any atom is -0.461 e. The average molecular weight is 693 g/mol. The highest BCUT2D eigenvalue weighted by Gasteiger charge is 2.55. The van der Waals surface area contributed by atoms with Crippen molar-refractivity contribution < 1.29 is 47.7 Å². The number of amides is 2. The predicted octanol–water partition coefficient (Wildman–Crippen LogP) is 3.38. The van der Waals surface area contributed by atoms with Gasteiger partial charge in [-0.2, -0.15) is 0 Å². The number of hydrogen-bond acceptors (Lipinski definition) is 14. The summed E-state index contributed by atoms with van der Waals surface area (Å²) in [6.07, 6.45) is 5.64. The number of ether oxygens (including phenoxy) is 4. The number of thiazole rings is 1. The number of anilines is 1. The summed E-state index contributed by atoms with van der Waals surface area (Å²) in [4.78, 5) is 81.9. The number of Topliss-reactive ketones (excluding diaryl/α,β-unsaturated/α-hetero) is 1. The van der Waals surface area contributed by atoms with E-state index in [2.05, 4.69) is 10.3 Å². The predicted molar refractivity (Wildman–Crippen MR) is 169 cm³/mol. The van der Waals surface area contributed by atoms with Crippen LogP contribution in [0.1, 0.15) is 83.2 Å². The quantitative estimate of drug-likeness (QED) is 0.107. The molecule has 3 atom stereocenters. The summed E-state index contributed by atoms with van der Waals surface area (Å²) >= 11 is 2.48. The Labute approximate surface area is 280 Å². The van der Waals surface area contributed by atoms with Gasteiger partial charge in [0.1, 0.15) is 42.0 Å². The van der Waals surface area contributed by atoms with E-state index in [0.717, 1.165) is 51.4 Å². The number of nitrogens with one attached hydrogen (secondary N) is 1.